The molecule has 0 atom stereocenters. The Kier molecular flexibility index (Phi) is 3.71. The summed E-state index contributed by atoms with van der Waals surface area (Å²) in [5.74, 6) is -0.0855. The van der Waals surface area contributed by atoms with Gasteiger partial charge < -0.3 is 9.52 Å². The van der Waals surface area contributed by atoms with Crippen molar-refractivity contribution >= 4 is 23.8 Å². The Morgan fingerprint density at radius 3 is 2.77 bits per heavy atom. The summed E-state index contributed by atoms with van der Waals surface area (Å²) < 4.78 is 7.02. The van der Waals surface area contributed by atoms with E-state index in [0.29, 0.717) is 22.1 Å². The van der Waals surface area contributed by atoms with Crippen LogP contribution < -0.4 is 0 Å². The first-order valence-electron chi connectivity index (χ1n) is 6.15. The zero-order chi connectivity index (χ0) is 15.5. The summed E-state index contributed by atoms with van der Waals surface area (Å²) >= 11 is 6.10. The normalized spacial score (nSPS) is 11.1. The van der Waals surface area contributed by atoms with Crippen LogP contribution in [0.5, 0.6) is 0 Å². The molecule has 0 saturated heterocycles. The molecule has 2 aromatic heterocycles. The molecule has 0 unspecified atom stereocenters. The molecular formula is C14H9ClN4O3. The lowest BCUT2D eigenvalue weighted by molar-refractivity contribution is 0.0697. The van der Waals surface area contributed by atoms with E-state index in [1.165, 1.54) is 41.7 Å². The molecule has 0 fully saturated rings. The average Bonchev–Trinajstić information content (AvgIpc) is 3.17. The van der Waals surface area contributed by atoms with E-state index >= 15 is 0 Å². The number of aromatic carboxylic acids is 1. The monoisotopic (exact) mass is 316 g/mol. The second kappa shape index (κ2) is 5.82. The number of carboxylic acid groups (broad SMARTS) is 1. The maximum absolute atomic E-state index is 11.0. The molecule has 0 aliphatic carbocycles. The van der Waals surface area contributed by atoms with Crippen molar-refractivity contribution < 1.29 is 14.3 Å². The lowest BCUT2D eigenvalue weighted by Gasteiger charge is -2.02. The van der Waals surface area contributed by atoms with Crippen molar-refractivity contribution in [2.75, 3.05) is 0 Å². The van der Waals surface area contributed by atoms with Crippen LogP contribution >= 0.6 is 11.6 Å². The highest BCUT2D eigenvalue weighted by molar-refractivity contribution is 6.33. The fourth-order valence-electron chi connectivity index (χ4n) is 1.79. The topological polar surface area (TPSA) is 93.5 Å². The molecule has 0 radical (unpaired) electrons. The second-order valence-corrected chi connectivity index (χ2v) is 4.70. The zero-order valence-electron chi connectivity index (χ0n) is 11.0. The lowest BCUT2D eigenvalue weighted by Crippen LogP contribution is -1.96. The molecular weight excluding hydrogens is 308 g/mol. The highest BCUT2D eigenvalue weighted by Crippen LogP contribution is 2.30. The van der Waals surface area contributed by atoms with Crippen LogP contribution in [0, 0.1) is 0 Å². The summed E-state index contributed by atoms with van der Waals surface area (Å²) in [5, 5.41) is 20.7. The summed E-state index contributed by atoms with van der Waals surface area (Å²) in [6.07, 6.45) is 4.36. The van der Waals surface area contributed by atoms with E-state index in [0.717, 1.165) is 0 Å². The molecule has 0 spiro atoms. The van der Waals surface area contributed by atoms with E-state index in [9.17, 15) is 4.79 Å². The van der Waals surface area contributed by atoms with Gasteiger partial charge in [0.25, 0.3) is 0 Å². The van der Waals surface area contributed by atoms with Crippen LogP contribution in [0.15, 0.2) is 52.5 Å². The van der Waals surface area contributed by atoms with Gasteiger partial charge in [-0.15, -0.1) is 10.2 Å². The molecule has 7 nitrogen and oxygen atoms in total. The average molecular weight is 317 g/mol. The molecule has 0 amide bonds. The quantitative estimate of drug-likeness (QED) is 0.747. The van der Waals surface area contributed by atoms with E-state index in [1.807, 2.05) is 0 Å². The molecule has 3 rings (SSSR count). The van der Waals surface area contributed by atoms with Crippen molar-refractivity contribution in [3.63, 3.8) is 0 Å². The molecule has 2 heterocycles. The fraction of sp³-hybridized carbons (Fsp3) is 0. The van der Waals surface area contributed by atoms with E-state index in [-0.39, 0.29) is 5.56 Å². The van der Waals surface area contributed by atoms with Crippen molar-refractivity contribution in [2.45, 2.75) is 0 Å². The Morgan fingerprint density at radius 2 is 2.05 bits per heavy atom. The largest absolute Gasteiger partial charge is 0.478 e. The first-order chi connectivity index (χ1) is 10.6. The van der Waals surface area contributed by atoms with Crippen LogP contribution in [0.3, 0.4) is 0 Å². The smallest absolute Gasteiger partial charge is 0.335 e. The summed E-state index contributed by atoms with van der Waals surface area (Å²) in [7, 11) is 0. The Hall–Kier alpha value is -2.93. The Bertz CT molecular complexity index is 840. The molecule has 0 saturated carbocycles. The highest BCUT2D eigenvalue weighted by Gasteiger charge is 2.12. The van der Waals surface area contributed by atoms with E-state index in [2.05, 4.69) is 15.3 Å². The first-order valence-corrected chi connectivity index (χ1v) is 6.53. The molecule has 0 aliphatic heterocycles. The molecule has 0 aliphatic rings. The Morgan fingerprint density at radius 1 is 1.27 bits per heavy atom. The van der Waals surface area contributed by atoms with Crippen LogP contribution in [-0.2, 0) is 0 Å². The third-order valence-corrected chi connectivity index (χ3v) is 3.16. The van der Waals surface area contributed by atoms with E-state index in [4.69, 9.17) is 21.1 Å². The van der Waals surface area contributed by atoms with Gasteiger partial charge in [-0.3, -0.25) is 0 Å². The molecule has 1 aromatic carbocycles. The number of carbonyl (C=O) groups is 1. The van der Waals surface area contributed by atoms with Gasteiger partial charge in [-0.05, 0) is 30.3 Å². The standard InChI is InChI=1S/C14H9ClN4O3/c15-12-3-1-9(14(20)21)5-11(12)13-4-2-10(22-13)6-18-19-7-16-17-8-19/h1-8H,(H,20,21)/b18-6+. The van der Waals surface area contributed by atoms with Crippen LogP contribution in [0.2, 0.25) is 5.02 Å². The number of hydrogen-bond acceptors (Lipinski definition) is 5. The van der Waals surface area contributed by atoms with Gasteiger partial charge in [0, 0.05) is 5.56 Å². The van der Waals surface area contributed by atoms with Gasteiger partial charge >= 0.3 is 5.97 Å². The predicted octanol–water partition coefficient (Wildman–Crippen LogP) is 2.77. The summed E-state index contributed by atoms with van der Waals surface area (Å²) in [5.41, 5.74) is 0.640. The van der Waals surface area contributed by atoms with Crippen LogP contribution in [-0.4, -0.2) is 32.2 Å². The first kappa shape index (κ1) is 14.0. The van der Waals surface area contributed by atoms with Gasteiger partial charge in [0.15, 0.2) is 0 Å². The maximum Gasteiger partial charge on any atom is 0.335 e. The van der Waals surface area contributed by atoms with Crippen LogP contribution in [0.1, 0.15) is 16.1 Å². The maximum atomic E-state index is 11.0. The van der Waals surface area contributed by atoms with Gasteiger partial charge in [-0.25, -0.2) is 9.47 Å². The van der Waals surface area contributed by atoms with Crippen LogP contribution in [0.4, 0.5) is 0 Å². The van der Waals surface area contributed by atoms with Gasteiger partial charge in [0.1, 0.15) is 24.2 Å². The minimum atomic E-state index is -1.03. The van der Waals surface area contributed by atoms with Crippen molar-refractivity contribution in [2.24, 2.45) is 5.10 Å². The number of nitrogens with zero attached hydrogens (tertiary/aromatic N) is 4. The van der Waals surface area contributed by atoms with Crippen molar-refractivity contribution in [3.05, 3.63) is 59.3 Å². The number of rotatable bonds is 4. The highest BCUT2D eigenvalue weighted by atomic mass is 35.5. The molecule has 3 aromatic rings. The summed E-state index contributed by atoms with van der Waals surface area (Å²) in [6.45, 7) is 0. The Labute approximate surface area is 129 Å². The molecule has 8 heteroatoms. The SMILES string of the molecule is O=C(O)c1ccc(Cl)c(-c2ccc(/C=N/n3cnnc3)o2)c1. The minimum absolute atomic E-state index is 0.135. The Balaban J connectivity index is 1.90. The number of halogens is 1. The van der Waals surface area contributed by atoms with Gasteiger partial charge in [-0.2, -0.15) is 5.10 Å². The molecule has 110 valence electrons. The lowest BCUT2D eigenvalue weighted by atomic mass is 10.1. The van der Waals surface area contributed by atoms with Crippen molar-refractivity contribution in [1.82, 2.24) is 14.9 Å². The number of furan rings is 1. The summed E-state index contributed by atoms with van der Waals surface area (Å²) in [4.78, 5) is 11.0. The number of carboxylic acids is 1. The second-order valence-electron chi connectivity index (χ2n) is 4.29. The molecule has 1 N–H and O–H groups in total. The minimum Gasteiger partial charge on any atom is -0.478 e. The fourth-order valence-corrected chi connectivity index (χ4v) is 2.00. The van der Waals surface area contributed by atoms with Gasteiger partial charge in [0.05, 0.1) is 16.8 Å². The summed E-state index contributed by atoms with van der Waals surface area (Å²) in [6, 6.07) is 7.82. The van der Waals surface area contributed by atoms with E-state index < -0.39 is 5.97 Å². The van der Waals surface area contributed by atoms with Crippen molar-refractivity contribution in [3.8, 4) is 11.3 Å². The van der Waals surface area contributed by atoms with Gasteiger partial charge in [-0.1, -0.05) is 11.6 Å². The number of benzene rings is 1. The third-order valence-electron chi connectivity index (χ3n) is 2.83. The van der Waals surface area contributed by atoms with Gasteiger partial charge in [0.2, 0.25) is 0 Å². The molecule has 22 heavy (non-hydrogen) atoms. The predicted molar refractivity (Wildman–Crippen MR) is 79.1 cm³/mol. The number of hydrogen-bond donors (Lipinski definition) is 1. The van der Waals surface area contributed by atoms with E-state index in [1.54, 1.807) is 12.1 Å². The third kappa shape index (κ3) is 2.89. The van der Waals surface area contributed by atoms with Crippen LogP contribution in [0.25, 0.3) is 11.3 Å². The number of aromatic nitrogens is 3. The zero-order valence-corrected chi connectivity index (χ0v) is 11.8. The molecule has 0 bridgehead atoms. The van der Waals surface area contributed by atoms with Crippen molar-refractivity contribution in [1.29, 1.82) is 0 Å².